The second kappa shape index (κ2) is 7.83. The summed E-state index contributed by atoms with van der Waals surface area (Å²) in [5, 5.41) is 1.22. The third kappa shape index (κ3) is 3.96. The molecule has 32 heavy (non-hydrogen) atoms. The number of anilines is 1. The molecule has 5 heterocycles. The topological polar surface area (TPSA) is 61.8 Å². The fourth-order valence-electron chi connectivity index (χ4n) is 5.39. The van der Waals surface area contributed by atoms with E-state index < -0.39 is 5.60 Å². The maximum atomic E-state index is 12.2. The lowest BCUT2D eigenvalue weighted by Gasteiger charge is -2.55. The molecule has 3 fully saturated rings. The zero-order valence-corrected chi connectivity index (χ0v) is 20.7. The van der Waals surface area contributed by atoms with Crippen molar-refractivity contribution in [3.8, 4) is 0 Å². The van der Waals surface area contributed by atoms with Gasteiger partial charge in [0.25, 0.3) is 0 Å². The van der Waals surface area contributed by atoms with Crippen LogP contribution in [-0.2, 0) is 11.2 Å². The average Bonchev–Trinajstić information content (AvgIpc) is 3.28. The Morgan fingerprint density at radius 2 is 2.03 bits per heavy atom. The summed E-state index contributed by atoms with van der Waals surface area (Å²) in [4.78, 5) is 30.8. The first-order valence-electron chi connectivity index (χ1n) is 11.9. The molecule has 3 aliphatic heterocycles. The minimum Gasteiger partial charge on any atom is -0.444 e. The van der Waals surface area contributed by atoms with Gasteiger partial charge in [-0.1, -0.05) is 6.92 Å². The molecule has 1 atom stereocenters. The van der Waals surface area contributed by atoms with Crippen molar-refractivity contribution in [2.45, 2.75) is 59.1 Å². The minimum atomic E-state index is -0.428. The molecule has 1 unspecified atom stereocenters. The van der Waals surface area contributed by atoms with Crippen molar-refractivity contribution in [3.63, 3.8) is 0 Å². The number of nitrogens with zero attached hydrogens (tertiary/aromatic N) is 5. The molecule has 0 N–H and O–H groups in total. The Balaban J connectivity index is 1.15. The molecule has 2 aromatic rings. The first-order valence-corrected chi connectivity index (χ1v) is 12.7. The molecule has 1 spiro atoms. The van der Waals surface area contributed by atoms with Crippen molar-refractivity contribution in [1.29, 1.82) is 0 Å². The molecule has 3 saturated heterocycles. The highest BCUT2D eigenvalue weighted by molar-refractivity contribution is 7.18. The number of aromatic nitrogens is 2. The monoisotopic (exact) mass is 457 g/mol. The Hall–Kier alpha value is -1.93. The van der Waals surface area contributed by atoms with Crippen LogP contribution in [0.4, 0.5) is 10.6 Å². The second-order valence-electron chi connectivity index (χ2n) is 10.9. The number of carbonyl (C=O) groups excluding carboxylic acids is 1. The largest absolute Gasteiger partial charge is 0.444 e. The van der Waals surface area contributed by atoms with Crippen molar-refractivity contribution in [2.75, 3.05) is 44.2 Å². The third-order valence-electron chi connectivity index (χ3n) is 7.34. The van der Waals surface area contributed by atoms with E-state index in [1.165, 1.54) is 16.7 Å². The molecule has 2 aromatic heterocycles. The van der Waals surface area contributed by atoms with E-state index in [4.69, 9.17) is 4.74 Å². The van der Waals surface area contributed by atoms with E-state index in [1.54, 1.807) is 17.7 Å². The summed E-state index contributed by atoms with van der Waals surface area (Å²) < 4.78 is 5.50. The van der Waals surface area contributed by atoms with E-state index in [-0.39, 0.29) is 6.09 Å². The molecule has 0 bridgehead atoms. The molecule has 5 rings (SSSR count). The van der Waals surface area contributed by atoms with Crippen LogP contribution in [0.1, 0.15) is 45.9 Å². The third-order valence-corrected chi connectivity index (χ3v) is 8.53. The molecule has 1 amide bonds. The predicted molar refractivity (Wildman–Crippen MR) is 128 cm³/mol. The molecule has 3 aliphatic rings. The van der Waals surface area contributed by atoms with E-state index in [1.807, 2.05) is 25.7 Å². The number of aryl methyl sites for hydroxylation is 1. The predicted octanol–water partition coefficient (Wildman–Crippen LogP) is 4.02. The van der Waals surface area contributed by atoms with Crippen LogP contribution in [0.15, 0.2) is 12.4 Å². The smallest absolute Gasteiger partial charge is 0.410 e. The summed E-state index contributed by atoms with van der Waals surface area (Å²) in [7, 11) is 0. The van der Waals surface area contributed by atoms with E-state index >= 15 is 0 Å². The van der Waals surface area contributed by atoms with Crippen LogP contribution in [0, 0.1) is 11.3 Å². The maximum absolute atomic E-state index is 12.2. The number of amides is 1. The van der Waals surface area contributed by atoms with Crippen LogP contribution in [0.2, 0.25) is 0 Å². The van der Waals surface area contributed by atoms with Crippen LogP contribution >= 0.6 is 11.3 Å². The Morgan fingerprint density at radius 3 is 2.72 bits per heavy atom. The van der Waals surface area contributed by atoms with Crippen LogP contribution in [0.25, 0.3) is 10.2 Å². The number of carbonyl (C=O) groups is 1. The van der Waals surface area contributed by atoms with E-state index in [0.29, 0.717) is 17.4 Å². The van der Waals surface area contributed by atoms with Gasteiger partial charge in [-0.25, -0.2) is 14.8 Å². The summed E-state index contributed by atoms with van der Waals surface area (Å²) in [5.74, 6) is 1.65. The summed E-state index contributed by atoms with van der Waals surface area (Å²) in [5.41, 5.74) is -0.0495. The van der Waals surface area contributed by atoms with Gasteiger partial charge in [0.1, 0.15) is 22.6 Å². The number of likely N-dealkylation sites (tertiary alicyclic amines) is 2. The van der Waals surface area contributed by atoms with Gasteiger partial charge in [0.2, 0.25) is 0 Å². The Labute approximate surface area is 194 Å². The van der Waals surface area contributed by atoms with Gasteiger partial charge in [-0.3, -0.25) is 4.90 Å². The van der Waals surface area contributed by atoms with Crippen LogP contribution in [-0.4, -0.2) is 76.8 Å². The molecule has 0 aliphatic carbocycles. The Morgan fingerprint density at radius 1 is 1.28 bits per heavy atom. The summed E-state index contributed by atoms with van der Waals surface area (Å²) in [6.07, 6.45) is 3.81. The van der Waals surface area contributed by atoms with E-state index in [0.717, 1.165) is 56.3 Å². The van der Waals surface area contributed by atoms with Gasteiger partial charge < -0.3 is 14.5 Å². The van der Waals surface area contributed by atoms with Crippen molar-refractivity contribution in [3.05, 3.63) is 17.3 Å². The average molecular weight is 458 g/mol. The Kier molecular flexibility index (Phi) is 5.36. The van der Waals surface area contributed by atoms with Crippen molar-refractivity contribution in [2.24, 2.45) is 11.3 Å². The molecule has 7 nitrogen and oxygen atoms in total. The lowest BCUT2D eigenvalue weighted by atomic mass is 9.76. The first-order chi connectivity index (χ1) is 15.2. The van der Waals surface area contributed by atoms with Gasteiger partial charge in [-0.2, -0.15) is 0 Å². The first kappa shape index (κ1) is 21.9. The van der Waals surface area contributed by atoms with Crippen LogP contribution in [0.5, 0.6) is 0 Å². The van der Waals surface area contributed by atoms with E-state index in [9.17, 15) is 4.79 Å². The summed E-state index contributed by atoms with van der Waals surface area (Å²) >= 11 is 1.79. The van der Waals surface area contributed by atoms with Gasteiger partial charge in [0.15, 0.2) is 0 Å². The highest BCUT2D eigenvalue weighted by atomic mass is 32.1. The highest BCUT2D eigenvalue weighted by Crippen LogP contribution is 2.44. The lowest BCUT2D eigenvalue weighted by Crippen LogP contribution is -2.66. The normalized spacial score (nSPS) is 22.3. The fourth-order valence-corrected chi connectivity index (χ4v) is 6.32. The molecule has 0 aromatic carbocycles. The van der Waals surface area contributed by atoms with Gasteiger partial charge in [0, 0.05) is 61.5 Å². The van der Waals surface area contributed by atoms with Gasteiger partial charge in [0.05, 0.1) is 5.39 Å². The molecule has 0 radical (unpaired) electrons. The number of fused-ring (bicyclic) bond motifs is 1. The molecular weight excluding hydrogens is 422 g/mol. The quantitative estimate of drug-likeness (QED) is 0.691. The Bertz CT molecular complexity index is 1000. The molecule has 0 saturated carbocycles. The number of ether oxygens (including phenoxy) is 1. The zero-order chi connectivity index (χ0) is 22.7. The van der Waals surface area contributed by atoms with Crippen molar-refractivity contribution >= 4 is 33.5 Å². The van der Waals surface area contributed by atoms with Gasteiger partial charge >= 0.3 is 6.09 Å². The van der Waals surface area contributed by atoms with Crippen molar-refractivity contribution < 1.29 is 9.53 Å². The van der Waals surface area contributed by atoms with Crippen LogP contribution < -0.4 is 4.90 Å². The fraction of sp³-hybridized carbons (Fsp3) is 0.708. The number of rotatable bonds is 4. The number of hydrogen-bond acceptors (Lipinski definition) is 7. The highest BCUT2D eigenvalue weighted by Gasteiger charge is 2.51. The summed E-state index contributed by atoms with van der Waals surface area (Å²) in [6.45, 7) is 16.3. The molecular formula is C24H35N5O2S. The maximum Gasteiger partial charge on any atom is 0.410 e. The van der Waals surface area contributed by atoms with Crippen molar-refractivity contribution in [1.82, 2.24) is 19.8 Å². The standard InChI is InChI=1S/C24H35N5O2S/c1-6-18-9-19-20(25-15-26-21(19)32-18)27-8-7-24(12-27)13-29(14-24)16(2)17-10-28(11-17)22(30)31-23(3,4)5/h9,15-17H,6-8,10-14H2,1-5H3. The molecule has 174 valence electrons. The van der Waals surface area contributed by atoms with Crippen LogP contribution in [0.3, 0.4) is 0 Å². The number of thiophene rings is 1. The SMILES string of the molecule is CCc1cc2c(N3CCC4(C3)CN(C(C)C3CN(C(=O)OC(C)(C)C)C3)C4)ncnc2s1. The minimum absolute atomic E-state index is 0.178. The lowest BCUT2D eigenvalue weighted by molar-refractivity contribution is -0.0640. The zero-order valence-electron chi connectivity index (χ0n) is 19.9. The summed E-state index contributed by atoms with van der Waals surface area (Å²) in [6, 6.07) is 2.78. The number of hydrogen-bond donors (Lipinski definition) is 0. The van der Waals surface area contributed by atoms with Gasteiger partial charge in [-0.05, 0) is 46.6 Å². The molecule has 8 heteroatoms. The van der Waals surface area contributed by atoms with Gasteiger partial charge in [-0.15, -0.1) is 11.3 Å². The second-order valence-corrected chi connectivity index (χ2v) is 12.1. The van der Waals surface area contributed by atoms with E-state index in [2.05, 4.69) is 39.7 Å².